The molecule has 0 saturated heterocycles. The minimum Gasteiger partial charge on any atom is -0.396 e. The summed E-state index contributed by atoms with van der Waals surface area (Å²) in [4.78, 5) is 14.6. The lowest BCUT2D eigenvalue weighted by molar-refractivity contribution is 0.0994. The van der Waals surface area contributed by atoms with Crippen LogP contribution in [0.5, 0.6) is 0 Å². The molecular formula is C12H11N3OS. The van der Waals surface area contributed by atoms with Crippen molar-refractivity contribution in [1.82, 2.24) is 4.37 Å². The molecule has 5 heteroatoms. The van der Waals surface area contributed by atoms with Gasteiger partial charge in [-0.2, -0.15) is 4.37 Å². The van der Waals surface area contributed by atoms with Gasteiger partial charge in [-0.15, -0.1) is 0 Å². The van der Waals surface area contributed by atoms with Crippen molar-refractivity contribution < 1.29 is 4.79 Å². The van der Waals surface area contributed by atoms with E-state index in [1.54, 1.807) is 4.90 Å². The number of fused-ring (bicyclic) bond motifs is 1. The summed E-state index contributed by atoms with van der Waals surface area (Å²) in [6, 6.07) is 7.96. The molecule has 0 radical (unpaired) electrons. The topological polar surface area (TPSA) is 59.2 Å². The van der Waals surface area contributed by atoms with Crippen LogP contribution in [-0.4, -0.2) is 16.8 Å². The quantitative estimate of drug-likeness (QED) is 0.835. The molecule has 1 aliphatic rings. The molecular weight excluding hydrogens is 234 g/mol. The van der Waals surface area contributed by atoms with E-state index in [9.17, 15) is 4.79 Å². The van der Waals surface area contributed by atoms with Crippen LogP contribution in [0.15, 0.2) is 30.5 Å². The second kappa shape index (κ2) is 3.85. The number of nitrogens with zero attached hydrogens (tertiary/aromatic N) is 2. The minimum atomic E-state index is -0.0463. The number of amides is 1. The van der Waals surface area contributed by atoms with Gasteiger partial charge >= 0.3 is 0 Å². The van der Waals surface area contributed by atoms with Gasteiger partial charge in [-0.3, -0.25) is 4.79 Å². The van der Waals surface area contributed by atoms with Gasteiger partial charge in [-0.1, -0.05) is 18.2 Å². The van der Waals surface area contributed by atoms with Gasteiger partial charge in [0.2, 0.25) is 0 Å². The summed E-state index contributed by atoms with van der Waals surface area (Å²) in [6.07, 6.45) is 2.43. The number of hydrogen-bond donors (Lipinski definition) is 1. The van der Waals surface area contributed by atoms with E-state index >= 15 is 0 Å². The second-order valence-corrected chi connectivity index (χ2v) is 4.75. The normalized spacial score (nSPS) is 13.8. The van der Waals surface area contributed by atoms with Crippen molar-refractivity contribution in [2.24, 2.45) is 0 Å². The smallest absolute Gasteiger partial charge is 0.272 e. The Kier molecular flexibility index (Phi) is 2.33. The van der Waals surface area contributed by atoms with Crippen LogP contribution in [0, 0.1) is 0 Å². The Balaban J connectivity index is 1.98. The molecule has 2 heterocycles. The molecule has 0 unspecified atom stereocenters. The fourth-order valence-electron chi connectivity index (χ4n) is 2.08. The highest BCUT2D eigenvalue weighted by atomic mass is 32.1. The summed E-state index contributed by atoms with van der Waals surface area (Å²) >= 11 is 1.15. The van der Waals surface area contributed by atoms with Gasteiger partial charge in [-0.05, 0) is 29.6 Å². The molecule has 0 saturated carbocycles. The van der Waals surface area contributed by atoms with Crippen LogP contribution in [0.2, 0.25) is 0 Å². The van der Waals surface area contributed by atoms with E-state index in [4.69, 9.17) is 5.73 Å². The summed E-state index contributed by atoms with van der Waals surface area (Å²) < 4.78 is 3.94. The number of aromatic nitrogens is 1. The number of nitrogen functional groups attached to an aromatic ring is 1. The summed E-state index contributed by atoms with van der Waals surface area (Å²) in [5, 5.41) is 0. The van der Waals surface area contributed by atoms with Gasteiger partial charge in [0.25, 0.3) is 5.91 Å². The van der Waals surface area contributed by atoms with E-state index in [-0.39, 0.29) is 5.91 Å². The first-order valence-electron chi connectivity index (χ1n) is 5.37. The van der Waals surface area contributed by atoms with Crippen LogP contribution in [0.25, 0.3) is 0 Å². The van der Waals surface area contributed by atoms with Crippen LogP contribution in [-0.2, 0) is 6.42 Å². The van der Waals surface area contributed by atoms with E-state index in [1.807, 2.05) is 18.2 Å². The number of rotatable bonds is 1. The Morgan fingerprint density at radius 2 is 2.24 bits per heavy atom. The van der Waals surface area contributed by atoms with Crippen LogP contribution < -0.4 is 10.6 Å². The first-order valence-corrected chi connectivity index (χ1v) is 6.14. The Bertz CT molecular complexity index is 579. The van der Waals surface area contributed by atoms with Crippen LogP contribution >= 0.6 is 11.5 Å². The maximum Gasteiger partial charge on any atom is 0.272 e. The predicted octanol–water partition coefficient (Wildman–Crippen LogP) is 1.93. The molecule has 0 fully saturated rings. The monoisotopic (exact) mass is 245 g/mol. The average molecular weight is 245 g/mol. The van der Waals surface area contributed by atoms with Crippen molar-refractivity contribution in [2.75, 3.05) is 17.2 Å². The van der Waals surface area contributed by atoms with Crippen molar-refractivity contribution in [2.45, 2.75) is 6.42 Å². The molecule has 0 aliphatic carbocycles. The molecule has 1 aromatic heterocycles. The van der Waals surface area contributed by atoms with Crippen molar-refractivity contribution in [3.05, 3.63) is 40.9 Å². The first kappa shape index (κ1) is 10.3. The van der Waals surface area contributed by atoms with Gasteiger partial charge < -0.3 is 10.6 Å². The lowest BCUT2D eigenvalue weighted by Gasteiger charge is -2.16. The summed E-state index contributed by atoms with van der Waals surface area (Å²) in [6.45, 7) is 0.718. The van der Waals surface area contributed by atoms with Crippen molar-refractivity contribution in [3.63, 3.8) is 0 Å². The summed E-state index contributed by atoms with van der Waals surface area (Å²) in [5.74, 6) is -0.0463. The highest BCUT2D eigenvalue weighted by Crippen LogP contribution is 2.30. The summed E-state index contributed by atoms with van der Waals surface area (Å²) in [5.41, 5.74) is 8.39. The van der Waals surface area contributed by atoms with Gasteiger partial charge in [0.15, 0.2) is 0 Å². The first-order chi connectivity index (χ1) is 8.27. The van der Waals surface area contributed by atoms with Crippen molar-refractivity contribution >= 4 is 28.8 Å². The fourth-order valence-corrected chi connectivity index (χ4v) is 2.70. The largest absolute Gasteiger partial charge is 0.396 e. The predicted molar refractivity (Wildman–Crippen MR) is 68.3 cm³/mol. The average Bonchev–Trinajstić information content (AvgIpc) is 2.94. The lowest BCUT2D eigenvalue weighted by Crippen LogP contribution is -2.28. The number of carbonyl (C=O) groups is 1. The number of benzene rings is 1. The zero-order valence-corrected chi connectivity index (χ0v) is 9.91. The number of para-hydroxylation sites is 1. The third kappa shape index (κ3) is 1.59. The van der Waals surface area contributed by atoms with Gasteiger partial charge in [0.05, 0.1) is 11.9 Å². The van der Waals surface area contributed by atoms with Gasteiger partial charge in [0, 0.05) is 12.2 Å². The molecule has 2 N–H and O–H groups in total. The highest BCUT2D eigenvalue weighted by molar-refractivity contribution is 7.08. The van der Waals surface area contributed by atoms with Crippen LogP contribution in [0.1, 0.15) is 15.2 Å². The minimum absolute atomic E-state index is 0.0463. The second-order valence-electron chi connectivity index (χ2n) is 3.95. The maximum absolute atomic E-state index is 12.3. The Hall–Kier alpha value is -1.88. The zero-order valence-electron chi connectivity index (χ0n) is 9.09. The molecule has 2 aromatic rings. The van der Waals surface area contributed by atoms with Crippen molar-refractivity contribution in [1.29, 1.82) is 0 Å². The number of anilines is 2. The van der Waals surface area contributed by atoms with E-state index in [0.717, 1.165) is 30.2 Å². The van der Waals surface area contributed by atoms with E-state index < -0.39 is 0 Å². The fraction of sp³-hybridized carbons (Fsp3) is 0.167. The van der Waals surface area contributed by atoms with Crippen LogP contribution in [0.4, 0.5) is 11.4 Å². The van der Waals surface area contributed by atoms with Gasteiger partial charge in [-0.25, -0.2) is 0 Å². The maximum atomic E-state index is 12.3. The number of nitrogens with two attached hydrogens (primary N) is 1. The molecule has 1 aliphatic heterocycles. The molecule has 0 spiro atoms. The Morgan fingerprint density at radius 1 is 1.41 bits per heavy atom. The molecule has 1 amide bonds. The molecule has 17 heavy (non-hydrogen) atoms. The molecule has 0 atom stereocenters. The van der Waals surface area contributed by atoms with Crippen molar-refractivity contribution in [3.8, 4) is 0 Å². The van der Waals surface area contributed by atoms with Crippen LogP contribution in [0.3, 0.4) is 0 Å². The Morgan fingerprint density at radius 3 is 3.00 bits per heavy atom. The molecule has 86 valence electrons. The third-order valence-electron chi connectivity index (χ3n) is 2.92. The number of carbonyl (C=O) groups excluding carboxylic acids is 1. The number of hydrogen-bond acceptors (Lipinski definition) is 4. The molecule has 3 rings (SSSR count). The summed E-state index contributed by atoms with van der Waals surface area (Å²) in [7, 11) is 0. The van der Waals surface area contributed by atoms with E-state index in [2.05, 4.69) is 10.4 Å². The SMILES string of the molecule is Nc1cnsc1C(=O)N1CCc2ccccc21. The zero-order chi connectivity index (χ0) is 11.8. The molecule has 4 nitrogen and oxygen atoms in total. The van der Waals surface area contributed by atoms with E-state index in [1.165, 1.54) is 11.8 Å². The standard InChI is InChI=1S/C12H11N3OS/c13-9-7-14-17-11(9)12(16)15-6-5-8-3-1-2-4-10(8)15/h1-4,7H,5-6,13H2. The third-order valence-corrected chi connectivity index (χ3v) is 3.73. The van der Waals surface area contributed by atoms with E-state index in [0.29, 0.717) is 10.6 Å². The molecule has 1 aromatic carbocycles. The lowest BCUT2D eigenvalue weighted by atomic mass is 10.2. The highest BCUT2D eigenvalue weighted by Gasteiger charge is 2.27. The van der Waals surface area contributed by atoms with Gasteiger partial charge in [0.1, 0.15) is 4.88 Å². The Labute approximate surface area is 103 Å². The molecule has 0 bridgehead atoms.